The molecule has 2 N–H and O–H groups in total. The number of piperidine rings is 1. The molecule has 0 radical (unpaired) electrons. The number of hydrogen-bond acceptors (Lipinski definition) is 4. The molecule has 2 aromatic carbocycles. The van der Waals surface area contributed by atoms with Gasteiger partial charge in [-0.2, -0.15) is 0 Å². The average Bonchev–Trinajstić information content (AvgIpc) is 3.19. The van der Waals surface area contributed by atoms with Crippen LogP contribution in [0.1, 0.15) is 44.7 Å². The highest BCUT2D eigenvalue weighted by atomic mass is 16.2. The van der Waals surface area contributed by atoms with Gasteiger partial charge in [-0.1, -0.05) is 51.1 Å². The van der Waals surface area contributed by atoms with Crippen LogP contribution < -0.4 is 21.2 Å². The second kappa shape index (κ2) is 10.1. The molecule has 3 heterocycles. The van der Waals surface area contributed by atoms with E-state index in [-0.39, 0.29) is 23.2 Å². The second-order valence-electron chi connectivity index (χ2n) is 10.7. The van der Waals surface area contributed by atoms with Crippen molar-refractivity contribution in [2.45, 2.75) is 51.6 Å². The lowest BCUT2D eigenvalue weighted by atomic mass is 9.87. The average molecular weight is 499 g/mol. The third kappa shape index (κ3) is 5.69. The van der Waals surface area contributed by atoms with Crippen molar-refractivity contribution in [3.05, 3.63) is 94.5 Å². The Hall–Kier alpha value is -4.07. The van der Waals surface area contributed by atoms with Gasteiger partial charge in [0.2, 0.25) is 0 Å². The summed E-state index contributed by atoms with van der Waals surface area (Å²) in [6, 6.07) is 21.7. The SMILES string of the molecule is CC(C)(C)c1ccc(N2CCC(NC(=O)Nc3cccc(Cn4nc5ccccn5c4=O)c3)CC2)cc1. The van der Waals surface area contributed by atoms with Gasteiger partial charge in [-0.25, -0.2) is 14.3 Å². The van der Waals surface area contributed by atoms with Gasteiger partial charge in [0.1, 0.15) is 0 Å². The Morgan fingerprint density at radius 2 is 1.76 bits per heavy atom. The first-order valence-electron chi connectivity index (χ1n) is 12.8. The fourth-order valence-electron chi connectivity index (χ4n) is 4.80. The van der Waals surface area contributed by atoms with E-state index in [1.165, 1.54) is 20.3 Å². The van der Waals surface area contributed by atoms with Crippen molar-refractivity contribution < 1.29 is 4.79 Å². The van der Waals surface area contributed by atoms with E-state index in [0.717, 1.165) is 31.5 Å². The van der Waals surface area contributed by atoms with Crippen LogP contribution in [-0.2, 0) is 12.0 Å². The molecule has 0 aliphatic carbocycles. The Balaban J connectivity index is 1.14. The Morgan fingerprint density at radius 3 is 2.46 bits per heavy atom. The van der Waals surface area contributed by atoms with Crippen molar-refractivity contribution in [2.24, 2.45) is 0 Å². The van der Waals surface area contributed by atoms with Gasteiger partial charge in [-0.05, 0) is 65.8 Å². The van der Waals surface area contributed by atoms with Crippen molar-refractivity contribution in [1.29, 1.82) is 0 Å². The first-order valence-corrected chi connectivity index (χ1v) is 12.8. The molecule has 0 unspecified atom stereocenters. The summed E-state index contributed by atoms with van der Waals surface area (Å²) in [5.41, 5.74) is 4.69. The number of nitrogens with one attached hydrogen (secondary N) is 2. The molecule has 1 saturated heterocycles. The molecule has 0 bridgehead atoms. The van der Waals surface area contributed by atoms with Crippen molar-refractivity contribution >= 4 is 23.1 Å². The monoisotopic (exact) mass is 498 g/mol. The number of aromatic nitrogens is 3. The normalized spacial score (nSPS) is 14.6. The Kier molecular flexibility index (Phi) is 6.74. The van der Waals surface area contributed by atoms with Gasteiger partial charge >= 0.3 is 11.7 Å². The van der Waals surface area contributed by atoms with Gasteiger partial charge in [0, 0.05) is 36.7 Å². The number of rotatable bonds is 5. The van der Waals surface area contributed by atoms with E-state index < -0.39 is 0 Å². The van der Waals surface area contributed by atoms with E-state index in [4.69, 9.17) is 0 Å². The highest BCUT2D eigenvalue weighted by molar-refractivity contribution is 5.89. The van der Waals surface area contributed by atoms with Crippen LogP contribution in [0.2, 0.25) is 0 Å². The number of anilines is 2. The van der Waals surface area contributed by atoms with Crippen molar-refractivity contribution in [3.8, 4) is 0 Å². The number of urea groups is 1. The van der Waals surface area contributed by atoms with E-state index >= 15 is 0 Å². The highest BCUT2D eigenvalue weighted by Gasteiger charge is 2.22. The topological polar surface area (TPSA) is 83.7 Å². The van der Waals surface area contributed by atoms with Gasteiger partial charge in [0.05, 0.1) is 6.54 Å². The van der Waals surface area contributed by atoms with E-state index in [1.54, 1.807) is 18.3 Å². The zero-order valence-corrected chi connectivity index (χ0v) is 21.6. The lowest BCUT2D eigenvalue weighted by Gasteiger charge is -2.34. The van der Waals surface area contributed by atoms with Gasteiger partial charge < -0.3 is 15.5 Å². The summed E-state index contributed by atoms with van der Waals surface area (Å²) in [6.45, 7) is 8.81. The molecule has 0 saturated carbocycles. The molecule has 1 aliphatic heterocycles. The zero-order valence-electron chi connectivity index (χ0n) is 21.6. The molecule has 2 aromatic heterocycles. The fraction of sp³-hybridized carbons (Fsp3) is 0.345. The Morgan fingerprint density at radius 1 is 1.00 bits per heavy atom. The van der Waals surface area contributed by atoms with Gasteiger partial charge in [-0.15, -0.1) is 5.10 Å². The molecular weight excluding hydrogens is 464 g/mol. The molecular formula is C29H34N6O2. The van der Waals surface area contributed by atoms with Crippen LogP contribution in [0, 0.1) is 0 Å². The number of benzene rings is 2. The molecule has 4 aromatic rings. The standard InChI is InChI=1S/C29H34N6O2/c1-29(2,3)22-10-12-25(13-11-22)33-17-14-23(15-18-33)30-27(36)31-24-8-6-7-21(19-24)20-35-28(37)34-16-5-4-9-26(34)32-35/h4-13,16,19,23H,14-15,17-18,20H2,1-3H3,(H2,30,31,36). The largest absolute Gasteiger partial charge is 0.371 e. The minimum Gasteiger partial charge on any atom is -0.371 e. The maximum absolute atomic E-state index is 12.7. The van der Waals surface area contributed by atoms with E-state index in [1.807, 2.05) is 30.3 Å². The maximum Gasteiger partial charge on any atom is 0.350 e. The molecule has 1 fully saturated rings. The molecule has 8 heteroatoms. The Bertz CT molecular complexity index is 1440. The predicted molar refractivity (Wildman–Crippen MR) is 148 cm³/mol. The molecule has 2 amide bonds. The van der Waals surface area contributed by atoms with Crippen molar-refractivity contribution in [1.82, 2.24) is 19.5 Å². The quantitative estimate of drug-likeness (QED) is 0.420. The summed E-state index contributed by atoms with van der Waals surface area (Å²) in [5, 5.41) is 10.4. The van der Waals surface area contributed by atoms with Gasteiger partial charge in [0.25, 0.3) is 0 Å². The van der Waals surface area contributed by atoms with Crippen LogP contribution in [0.15, 0.2) is 77.7 Å². The first-order chi connectivity index (χ1) is 17.8. The third-order valence-corrected chi connectivity index (χ3v) is 6.93. The molecule has 1 aliphatic rings. The summed E-state index contributed by atoms with van der Waals surface area (Å²) < 4.78 is 2.95. The number of amides is 2. The van der Waals surface area contributed by atoms with Crippen LogP contribution in [0.25, 0.3) is 5.65 Å². The molecule has 0 spiro atoms. The van der Waals surface area contributed by atoms with Gasteiger partial charge in [-0.3, -0.25) is 4.40 Å². The summed E-state index contributed by atoms with van der Waals surface area (Å²) >= 11 is 0. The van der Waals surface area contributed by atoms with Crippen molar-refractivity contribution in [2.75, 3.05) is 23.3 Å². The van der Waals surface area contributed by atoms with Gasteiger partial charge in [0.15, 0.2) is 5.65 Å². The van der Waals surface area contributed by atoms with E-state index in [0.29, 0.717) is 17.9 Å². The smallest absolute Gasteiger partial charge is 0.350 e. The molecule has 8 nitrogen and oxygen atoms in total. The molecule has 192 valence electrons. The fourth-order valence-corrected chi connectivity index (χ4v) is 4.80. The van der Waals surface area contributed by atoms with Crippen LogP contribution in [0.4, 0.5) is 16.2 Å². The first kappa shape index (κ1) is 24.6. The lowest BCUT2D eigenvalue weighted by molar-refractivity contribution is 0.246. The number of nitrogens with zero attached hydrogens (tertiary/aromatic N) is 4. The molecule has 5 rings (SSSR count). The number of pyridine rings is 1. The van der Waals surface area contributed by atoms with Crippen LogP contribution in [0.3, 0.4) is 0 Å². The second-order valence-corrected chi connectivity index (χ2v) is 10.7. The van der Waals surface area contributed by atoms with E-state index in [9.17, 15) is 9.59 Å². The Labute approximate surface area is 216 Å². The summed E-state index contributed by atoms with van der Waals surface area (Å²) in [6.07, 6.45) is 3.49. The number of carbonyl (C=O) groups is 1. The summed E-state index contributed by atoms with van der Waals surface area (Å²) in [7, 11) is 0. The van der Waals surface area contributed by atoms with E-state index in [2.05, 4.69) is 65.7 Å². The van der Waals surface area contributed by atoms with Crippen molar-refractivity contribution in [3.63, 3.8) is 0 Å². The van der Waals surface area contributed by atoms with Crippen LogP contribution in [-0.4, -0.2) is 39.3 Å². The summed E-state index contributed by atoms with van der Waals surface area (Å²) in [4.78, 5) is 27.6. The predicted octanol–water partition coefficient (Wildman–Crippen LogP) is 4.63. The maximum atomic E-state index is 12.7. The number of carbonyl (C=O) groups excluding carboxylic acids is 1. The lowest BCUT2D eigenvalue weighted by Crippen LogP contribution is -2.46. The third-order valence-electron chi connectivity index (χ3n) is 6.93. The molecule has 37 heavy (non-hydrogen) atoms. The van der Waals surface area contributed by atoms with Crippen LogP contribution >= 0.6 is 0 Å². The number of hydrogen-bond donors (Lipinski definition) is 2. The summed E-state index contributed by atoms with van der Waals surface area (Å²) in [5.74, 6) is 0. The van der Waals surface area contributed by atoms with Crippen LogP contribution in [0.5, 0.6) is 0 Å². The zero-order chi connectivity index (χ0) is 26.0. The minimum absolute atomic E-state index is 0.129. The molecule has 0 atom stereocenters. The highest BCUT2D eigenvalue weighted by Crippen LogP contribution is 2.26. The number of fused-ring (bicyclic) bond motifs is 1. The minimum atomic E-state index is -0.213.